The molecule has 0 saturated heterocycles. The van der Waals surface area contributed by atoms with Crippen LogP contribution >= 0.6 is 35.0 Å². The summed E-state index contributed by atoms with van der Waals surface area (Å²) in [6, 6.07) is 5.69. The van der Waals surface area contributed by atoms with E-state index < -0.39 is 0 Å². The van der Waals surface area contributed by atoms with Gasteiger partial charge in [-0.1, -0.05) is 6.07 Å². The van der Waals surface area contributed by atoms with E-state index >= 15 is 0 Å². The van der Waals surface area contributed by atoms with Gasteiger partial charge in [0, 0.05) is 6.20 Å². The summed E-state index contributed by atoms with van der Waals surface area (Å²) in [5.41, 5.74) is 0. The Morgan fingerprint density at radius 1 is 1.56 bits per heavy atom. The van der Waals surface area contributed by atoms with E-state index in [9.17, 15) is 0 Å². The zero-order valence-electron chi connectivity index (χ0n) is 4.45. The van der Waals surface area contributed by atoms with Gasteiger partial charge in [-0.3, -0.25) is 0 Å². The number of aromatic nitrogens is 1. The molecule has 0 unspecified atom stereocenters. The highest BCUT2D eigenvalue weighted by molar-refractivity contribution is 14.1. The van der Waals surface area contributed by atoms with Crippen LogP contribution in [0.2, 0.25) is 0 Å². The third kappa shape index (κ3) is 2.51. The van der Waals surface area contributed by atoms with Crippen LogP contribution in [0.15, 0.2) is 29.4 Å². The fourth-order valence-corrected chi connectivity index (χ4v) is 1.28. The Kier molecular flexibility index (Phi) is 3.31. The number of halogens is 1. The van der Waals surface area contributed by atoms with Gasteiger partial charge in [-0.2, -0.15) is 0 Å². The van der Waals surface area contributed by atoms with Gasteiger partial charge in [0.25, 0.3) is 0 Å². The van der Waals surface area contributed by atoms with Crippen LogP contribution in [0.1, 0.15) is 0 Å². The van der Waals surface area contributed by atoms with Gasteiger partial charge in [-0.25, -0.2) is 7.50 Å². The predicted molar refractivity (Wildman–Crippen MR) is 45.2 cm³/mol. The van der Waals surface area contributed by atoms with Gasteiger partial charge >= 0.3 is 0 Å². The van der Waals surface area contributed by atoms with Crippen LogP contribution in [0.4, 0.5) is 0 Å². The zero-order chi connectivity index (χ0) is 6.53. The molecule has 0 radical (unpaired) electrons. The number of rotatable bonds is 2. The largest absolute Gasteiger partial charge is 0.248 e. The van der Waals surface area contributed by atoms with E-state index in [1.54, 1.807) is 6.20 Å². The molecule has 0 N–H and O–H groups in total. The van der Waals surface area contributed by atoms with E-state index in [-0.39, 0.29) is 0 Å². The van der Waals surface area contributed by atoms with Crippen molar-refractivity contribution in [3.8, 4) is 0 Å². The summed E-state index contributed by atoms with van der Waals surface area (Å²) in [7, 11) is 0. The highest BCUT2D eigenvalue weighted by Crippen LogP contribution is 2.17. The summed E-state index contributed by atoms with van der Waals surface area (Å²) in [4.78, 5) is 4.00. The third-order valence-electron chi connectivity index (χ3n) is 0.755. The minimum atomic E-state index is 0.881. The first-order chi connectivity index (χ1) is 4.43. The summed E-state index contributed by atoms with van der Waals surface area (Å²) >= 11 is 3.06. The third-order valence-corrected chi connectivity index (χ3v) is 1.77. The van der Waals surface area contributed by atoms with Gasteiger partial charge in [0.05, 0.1) is 12.0 Å². The summed E-state index contributed by atoms with van der Waals surface area (Å²) in [6.45, 7) is 0. The van der Waals surface area contributed by atoms with Gasteiger partial charge < -0.3 is 0 Å². The van der Waals surface area contributed by atoms with Crippen LogP contribution in [0.3, 0.4) is 0 Å². The first-order valence-corrected chi connectivity index (χ1v) is 3.92. The molecule has 0 aliphatic rings. The van der Waals surface area contributed by atoms with E-state index in [1.807, 2.05) is 41.2 Å². The van der Waals surface area contributed by atoms with Crippen LogP contribution in [0.5, 0.6) is 0 Å². The lowest BCUT2D eigenvalue weighted by Gasteiger charge is -1.90. The molecule has 1 heterocycles. The summed E-state index contributed by atoms with van der Waals surface area (Å²) in [5, 5.41) is 0.881. The van der Waals surface area contributed by atoms with Crippen molar-refractivity contribution < 1.29 is 2.51 Å². The molecule has 0 amide bonds. The van der Waals surface area contributed by atoms with Gasteiger partial charge in [0.15, 0.2) is 0 Å². The van der Waals surface area contributed by atoms with Crippen LogP contribution in [0, 0.1) is 0 Å². The molecular weight excluding hydrogens is 249 g/mol. The Morgan fingerprint density at radius 3 is 3.00 bits per heavy atom. The second kappa shape index (κ2) is 4.08. The average Bonchev–Trinajstić information content (AvgIpc) is 1.91. The molecular formula is C5H4INOS. The Morgan fingerprint density at radius 2 is 2.44 bits per heavy atom. The predicted octanol–water partition coefficient (Wildman–Crippen LogP) is 2.46. The second-order valence-electron chi connectivity index (χ2n) is 1.31. The fraction of sp³-hybridized carbons (Fsp3) is 0. The Balaban J connectivity index is 2.61. The molecule has 0 saturated carbocycles. The van der Waals surface area contributed by atoms with Crippen molar-refractivity contribution in [2.45, 2.75) is 5.03 Å². The highest BCUT2D eigenvalue weighted by Gasteiger charge is 1.89. The van der Waals surface area contributed by atoms with Crippen molar-refractivity contribution >= 4 is 35.0 Å². The molecule has 4 heteroatoms. The van der Waals surface area contributed by atoms with Gasteiger partial charge in [0.1, 0.15) is 28.0 Å². The van der Waals surface area contributed by atoms with Crippen molar-refractivity contribution in [1.29, 1.82) is 0 Å². The van der Waals surface area contributed by atoms with E-state index in [0.717, 1.165) is 5.03 Å². The average molecular weight is 253 g/mol. The normalized spacial score (nSPS) is 9.44. The second-order valence-corrected chi connectivity index (χ2v) is 3.10. The first-order valence-electron chi connectivity index (χ1n) is 2.30. The molecule has 0 fully saturated rings. The van der Waals surface area contributed by atoms with E-state index in [1.165, 1.54) is 12.0 Å². The maximum atomic E-state index is 4.75. The molecule has 2 nitrogen and oxygen atoms in total. The van der Waals surface area contributed by atoms with Crippen LogP contribution in [0.25, 0.3) is 0 Å². The molecule has 48 valence electrons. The standard InChI is InChI=1S/C5H4INOS/c6-8-9-5-3-1-2-4-7-5/h1-4H. The molecule has 0 aromatic carbocycles. The van der Waals surface area contributed by atoms with Crippen LogP contribution in [-0.4, -0.2) is 4.98 Å². The van der Waals surface area contributed by atoms with Crippen molar-refractivity contribution in [2.24, 2.45) is 0 Å². The fourth-order valence-electron chi connectivity index (χ4n) is 0.429. The SMILES string of the molecule is IOSc1ccccn1. The smallest absolute Gasteiger partial charge is 0.127 e. The maximum Gasteiger partial charge on any atom is 0.127 e. The van der Waals surface area contributed by atoms with Crippen LogP contribution < -0.4 is 0 Å². The Bertz CT molecular complexity index is 170. The van der Waals surface area contributed by atoms with E-state index in [4.69, 9.17) is 2.51 Å². The number of hydrogen-bond donors (Lipinski definition) is 0. The maximum absolute atomic E-state index is 4.75. The quantitative estimate of drug-likeness (QED) is 0.597. The molecule has 0 spiro atoms. The molecule has 1 rings (SSSR count). The number of hydrogen-bond acceptors (Lipinski definition) is 3. The minimum Gasteiger partial charge on any atom is -0.248 e. The van der Waals surface area contributed by atoms with Gasteiger partial charge in [-0.15, -0.1) is 0 Å². The molecule has 1 aromatic rings. The topological polar surface area (TPSA) is 22.1 Å². The molecule has 0 bridgehead atoms. The highest BCUT2D eigenvalue weighted by atomic mass is 127. The van der Waals surface area contributed by atoms with Crippen molar-refractivity contribution in [2.75, 3.05) is 0 Å². The lowest BCUT2D eigenvalue weighted by Crippen LogP contribution is -1.73. The lowest BCUT2D eigenvalue weighted by atomic mass is 10.5. The molecule has 0 atom stereocenters. The lowest BCUT2D eigenvalue weighted by molar-refractivity contribution is 0.832. The van der Waals surface area contributed by atoms with Crippen molar-refractivity contribution in [1.82, 2.24) is 4.98 Å². The van der Waals surface area contributed by atoms with Gasteiger partial charge in [0.2, 0.25) is 0 Å². The molecule has 1 aromatic heterocycles. The van der Waals surface area contributed by atoms with Crippen LogP contribution in [-0.2, 0) is 2.51 Å². The zero-order valence-corrected chi connectivity index (χ0v) is 7.43. The van der Waals surface area contributed by atoms with Crippen molar-refractivity contribution in [3.05, 3.63) is 24.4 Å². The molecule has 9 heavy (non-hydrogen) atoms. The Labute approximate surface area is 71.9 Å². The number of nitrogens with zero attached hydrogens (tertiary/aromatic N) is 1. The Hall–Kier alpha value is 0.190. The first kappa shape index (κ1) is 7.30. The summed E-state index contributed by atoms with van der Waals surface area (Å²) < 4.78 is 4.75. The molecule has 0 aliphatic heterocycles. The summed E-state index contributed by atoms with van der Waals surface area (Å²) in [5.74, 6) is 0. The molecule has 0 aliphatic carbocycles. The van der Waals surface area contributed by atoms with E-state index in [2.05, 4.69) is 4.98 Å². The summed E-state index contributed by atoms with van der Waals surface area (Å²) in [6.07, 6.45) is 1.73. The number of pyridine rings is 1. The van der Waals surface area contributed by atoms with Gasteiger partial charge in [-0.05, 0) is 12.1 Å². The monoisotopic (exact) mass is 253 g/mol. The van der Waals surface area contributed by atoms with E-state index in [0.29, 0.717) is 0 Å². The minimum absolute atomic E-state index is 0.881. The van der Waals surface area contributed by atoms with Crippen molar-refractivity contribution in [3.63, 3.8) is 0 Å².